The molecule has 0 aliphatic heterocycles. The summed E-state index contributed by atoms with van der Waals surface area (Å²) in [5, 5.41) is 4.77. The van der Waals surface area contributed by atoms with Gasteiger partial charge < -0.3 is 4.52 Å². The van der Waals surface area contributed by atoms with Crippen molar-refractivity contribution in [1.82, 2.24) is 5.16 Å². The van der Waals surface area contributed by atoms with Gasteiger partial charge in [0.15, 0.2) is 5.78 Å². The molecular weight excluding hydrogens is 366 g/mol. The summed E-state index contributed by atoms with van der Waals surface area (Å²) in [5.74, 6) is 0.354. The third kappa shape index (κ3) is 3.57. The summed E-state index contributed by atoms with van der Waals surface area (Å²) < 4.78 is 5.12. The number of thioether (sulfide) groups is 1. The zero-order valence-corrected chi connectivity index (χ0v) is 15.9. The minimum atomic E-state index is -0.0159. The SMILES string of the molecule is CSc1ccc(C(=O)c2conc2C2CC2)c(Cc2cccc(Cl)c2)c1. The van der Waals surface area contributed by atoms with E-state index < -0.39 is 0 Å². The van der Waals surface area contributed by atoms with Crippen LogP contribution < -0.4 is 0 Å². The first-order valence-electron chi connectivity index (χ1n) is 8.56. The van der Waals surface area contributed by atoms with Crippen molar-refractivity contribution in [3.8, 4) is 0 Å². The Labute approximate surface area is 161 Å². The highest BCUT2D eigenvalue weighted by Crippen LogP contribution is 2.41. The zero-order chi connectivity index (χ0) is 18.1. The molecule has 0 saturated heterocycles. The van der Waals surface area contributed by atoms with Crippen molar-refractivity contribution in [2.24, 2.45) is 0 Å². The highest BCUT2D eigenvalue weighted by atomic mass is 35.5. The van der Waals surface area contributed by atoms with Crippen LogP contribution in [0, 0.1) is 0 Å². The molecule has 0 amide bonds. The van der Waals surface area contributed by atoms with E-state index >= 15 is 0 Å². The first-order chi connectivity index (χ1) is 12.7. The molecule has 0 atom stereocenters. The van der Waals surface area contributed by atoms with Gasteiger partial charge in [-0.25, -0.2) is 0 Å². The van der Waals surface area contributed by atoms with Crippen molar-refractivity contribution >= 4 is 29.1 Å². The second kappa shape index (κ2) is 7.29. The van der Waals surface area contributed by atoms with Crippen LogP contribution in [-0.2, 0) is 6.42 Å². The largest absolute Gasteiger partial charge is 0.364 e. The average Bonchev–Trinajstić information content (AvgIpc) is 3.37. The molecule has 0 N–H and O–H groups in total. The van der Waals surface area contributed by atoms with Crippen LogP contribution in [0.4, 0.5) is 0 Å². The van der Waals surface area contributed by atoms with Gasteiger partial charge in [0.25, 0.3) is 0 Å². The standard InChI is InChI=1S/C21H18ClNO2S/c1-26-17-7-8-18(15(11-17)9-13-3-2-4-16(22)10-13)21(24)19-12-25-23-20(19)14-5-6-14/h2-4,7-8,10-12,14H,5-6,9H2,1H3. The minimum absolute atomic E-state index is 0.0159. The Morgan fingerprint density at radius 1 is 1.23 bits per heavy atom. The summed E-state index contributed by atoms with van der Waals surface area (Å²) in [4.78, 5) is 14.3. The van der Waals surface area contributed by atoms with E-state index in [-0.39, 0.29) is 5.78 Å². The molecule has 4 rings (SSSR count). The summed E-state index contributed by atoms with van der Waals surface area (Å²) in [5.41, 5.74) is 4.17. The van der Waals surface area contributed by atoms with Crippen molar-refractivity contribution in [2.75, 3.05) is 6.26 Å². The molecule has 26 heavy (non-hydrogen) atoms. The Bertz CT molecular complexity index is 962. The molecule has 1 aromatic heterocycles. The number of ketones is 1. The maximum Gasteiger partial charge on any atom is 0.198 e. The third-order valence-electron chi connectivity index (χ3n) is 4.65. The molecule has 2 aromatic carbocycles. The van der Waals surface area contributed by atoms with E-state index in [2.05, 4.69) is 11.2 Å². The Morgan fingerprint density at radius 2 is 2.08 bits per heavy atom. The number of hydrogen-bond acceptors (Lipinski definition) is 4. The van der Waals surface area contributed by atoms with Crippen molar-refractivity contribution in [2.45, 2.75) is 30.1 Å². The average molecular weight is 384 g/mol. The first kappa shape index (κ1) is 17.4. The van der Waals surface area contributed by atoms with E-state index in [0.717, 1.165) is 34.6 Å². The fourth-order valence-electron chi connectivity index (χ4n) is 3.14. The van der Waals surface area contributed by atoms with Gasteiger partial charge in [0.1, 0.15) is 6.26 Å². The lowest BCUT2D eigenvalue weighted by atomic mass is 9.94. The molecule has 0 unspecified atom stereocenters. The molecule has 3 nitrogen and oxygen atoms in total. The Balaban J connectivity index is 1.73. The summed E-state index contributed by atoms with van der Waals surface area (Å²) >= 11 is 7.79. The Hall–Kier alpha value is -2.04. The van der Waals surface area contributed by atoms with Crippen molar-refractivity contribution < 1.29 is 9.32 Å². The fourth-order valence-corrected chi connectivity index (χ4v) is 3.82. The van der Waals surface area contributed by atoms with Crippen LogP contribution in [0.15, 0.2) is 58.1 Å². The van der Waals surface area contributed by atoms with Gasteiger partial charge in [0.05, 0.1) is 11.3 Å². The summed E-state index contributed by atoms with van der Waals surface area (Å²) in [6.07, 6.45) is 6.33. The molecule has 3 aromatic rings. The van der Waals surface area contributed by atoms with Gasteiger partial charge >= 0.3 is 0 Å². The van der Waals surface area contributed by atoms with Crippen LogP contribution in [0.5, 0.6) is 0 Å². The molecule has 0 bridgehead atoms. The van der Waals surface area contributed by atoms with Crippen molar-refractivity contribution in [3.05, 3.63) is 81.7 Å². The predicted octanol–water partition coefficient (Wildman–Crippen LogP) is 5.75. The minimum Gasteiger partial charge on any atom is -0.364 e. The summed E-state index contributed by atoms with van der Waals surface area (Å²) in [6, 6.07) is 13.7. The van der Waals surface area contributed by atoms with Gasteiger partial charge in [-0.05, 0) is 67.0 Å². The molecule has 132 valence electrons. The molecule has 1 fully saturated rings. The van der Waals surface area contributed by atoms with E-state index in [0.29, 0.717) is 28.5 Å². The van der Waals surface area contributed by atoms with E-state index in [1.165, 1.54) is 6.26 Å². The van der Waals surface area contributed by atoms with Crippen molar-refractivity contribution in [3.63, 3.8) is 0 Å². The van der Waals surface area contributed by atoms with Gasteiger partial charge in [-0.1, -0.05) is 28.9 Å². The third-order valence-corrected chi connectivity index (χ3v) is 5.61. The smallest absolute Gasteiger partial charge is 0.198 e. The van der Waals surface area contributed by atoms with Crippen LogP contribution >= 0.6 is 23.4 Å². The molecule has 5 heteroatoms. The highest BCUT2D eigenvalue weighted by Gasteiger charge is 2.32. The van der Waals surface area contributed by atoms with Gasteiger partial charge in [0.2, 0.25) is 0 Å². The summed E-state index contributed by atoms with van der Waals surface area (Å²) in [7, 11) is 0. The molecule has 1 heterocycles. The van der Waals surface area contributed by atoms with E-state index in [4.69, 9.17) is 16.1 Å². The van der Waals surface area contributed by atoms with Crippen LogP contribution in [-0.4, -0.2) is 17.2 Å². The van der Waals surface area contributed by atoms with Gasteiger partial charge in [-0.2, -0.15) is 0 Å². The van der Waals surface area contributed by atoms with E-state index in [1.807, 2.05) is 42.7 Å². The second-order valence-electron chi connectivity index (χ2n) is 6.55. The molecule has 1 aliphatic carbocycles. The van der Waals surface area contributed by atoms with Gasteiger partial charge in [0, 0.05) is 21.4 Å². The maximum absolute atomic E-state index is 13.2. The van der Waals surface area contributed by atoms with Crippen molar-refractivity contribution in [1.29, 1.82) is 0 Å². The molecular formula is C21H18ClNO2S. The topological polar surface area (TPSA) is 43.1 Å². The number of hydrogen-bond donors (Lipinski definition) is 0. The monoisotopic (exact) mass is 383 g/mol. The van der Waals surface area contributed by atoms with Crippen LogP contribution in [0.2, 0.25) is 5.02 Å². The quantitative estimate of drug-likeness (QED) is 0.401. The van der Waals surface area contributed by atoms with Crippen LogP contribution in [0.25, 0.3) is 0 Å². The maximum atomic E-state index is 13.2. The Morgan fingerprint density at radius 3 is 2.81 bits per heavy atom. The molecule has 0 radical (unpaired) electrons. The number of aromatic nitrogens is 1. The number of carbonyl (C=O) groups excluding carboxylic acids is 1. The fraction of sp³-hybridized carbons (Fsp3) is 0.238. The lowest BCUT2D eigenvalue weighted by molar-refractivity contribution is 0.103. The second-order valence-corrected chi connectivity index (χ2v) is 7.86. The lowest BCUT2D eigenvalue weighted by Gasteiger charge is -2.11. The normalized spacial score (nSPS) is 13.8. The molecule has 1 saturated carbocycles. The number of rotatable bonds is 6. The Kier molecular flexibility index (Phi) is 4.88. The molecule has 1 aliphatic rings. The van der Waals surface area contributed by atoms with Gasteiger partial charge in [-0.15, -0.1) is 11.8 Å². The highest BCUT2D eigenvalue weighted by molar-refractivity contribution is 7.98. The van der Waals surface area contributed by atoms with Crippen LogP contribution in [0.1, 0.15) is 51.5 Å². The number of benzene rings is 2. The number of halogens is 1. The zero-order valence-electron chi connectivity index (χ0n) is 14.4. The summed E-state index contributed by atoms with van der Waals surface area (Å²) in [6.45, 7) is 0. The number of nitrogens with zero attached hydrogens (tertiary/aromatic N) is 1. The van der Waals surface area contributed by atoms with E-state index in [1.54, 1.807) is 11.8 Å². The predicted molar refractivity (Wildman–Crippen MR) is 104 cm³/mol. The molecule has 0 spiro atoms. The van der Waals surface area contributed by atoms with Crippen LogP contribution in [0.3, 0.4) is 0 Å². The lowest BCUT2D eigenvalue weighted by Crippen LogP contribution is -2.08. The van der Waals surface area contributed by atoms with Gasteiger partial charge in [-0.3, -0.25) is 4.79 Å². The first-order valence-corrected chi connectivity index (χ1v) is 10.2. The van der Waals surface area contributed by atoms with E-state index in [9.17, 15) is 4.79 Å². The number of carbonyl (C=O) groups is 1.